The Bertz CT molecular complexity index is 415. The molecule has 2 nitrogen and oxygen atoms in total. The fourth-order valence-corrected chi connectivity index (χ4v) is 2.86. The summed E-state index contributed by atoms with van der Waals surface area (Å²) >= 11 is 3.60. The van der Waals surface area contributed by atoms with Crippen molar-refractivity contribution < 1.29 is 0 Å². The Morgan fingerprint density at radius 1 is 1.42 bits per heavy atom. The Hall–Kier alpha value is -0.540. The van der Waals surface area contributed by atoms with Gasteiger partial charge in [-0.2, -0.15) is 0 Å². The van der Waals surface area contributed by atoms with Crippen molar-refractivity contribution in [3.8, 4) is 0 Å². The van der Waals surface area contributed by atoms with Crippen molar-refractivity contribution in [1.82, 2.24) is 5.32 Å². The lowest BCUT2D eigenvalue weighted by molar-refractivity contribution is 0.569. The summed E-state index contributed by atoms with van der Waals surface area (Å²) in [5.41, 5.74) is 2.76. The highest BCUT2D eigenvalue weighted by Gasteiger charge is 2.24. The van der Waals surface area contributed by atoms with E-state index in [2.05, 4.69) is 65.2 Å². The van der Waals surface area contributed by atoms with Crippen molar-refractivity contribution in [2.45, 2.75) is 39.2 Å². The largest absolute Gasteiger partial charge is 0.374 e. The average molecular weight is 325 g/mol. The smallest absolute Gasteiger partial charge is 0.0412 e. The average Bonchev–Trinajstić information content (AvgIpc) is 3.19. The summed E-state index contributed by atoms with van der Waals surface area (Å²) in [6.45, 7) is 6.72. The van der Waals surface area contributed by atoms with Gasteiger partial charge in [-0.1, -0.05) is 22.9 Å². The minimum Gasteiger partial charge on any atom is -0.374 e. The summed E-state index contributed by atoms with van der Waals surface area (Å²) in [6.07, 6.45) is 3.98. The highest BCUT2D eigenvalue weighted by atomic mass is 79.9. The Balaban J connectivity index is 2.15. The van der Waals surface area contributed by atoms with Crippen LogP contribution in [0.15, 0.2) is 22.7 Å². The van der Waals surface area contributed by atoms with Crippen LogP contribution >= 0.6 is 15.9 Å². The Morgan fingerprint density at radius 3 is 2.79 bits per heavy atom. The van der Waals surface area contributed by atoms with Crippen molar-refractivity contribution in [3.63, 3.8) is 0 Å². The summed E-state index contributed by atoms with van der Waals surface area (Å²) in [6, 6.07) is 7.04. The lowest BCUT2D eigenvalue weighted by atomic mass is 10.0. The first-order chi connectivity index (χ1) is 9.11. The normalized spacial score (nSPS) is 16.4. The van der Waals surface area contributed by atoms with Gasteiger partial charge >= 0.3 is 0 Å². The molecule has 1 unspecified atom stereocenters. The molecule has 3 heteroatoms. The van der Waals surface area contributed by atoms with Crippen LogP contribution in [0, 0.1) is 5.92 Å². The number of hydrogen-bond acceptors (Lipinski definition) is 2. The minimum absolute atomic E-state index is 0.397. The lowest BCUT2D eigenvalue weighted by Gasteiger charge is -2.26. The number of nitrogens with zero attached hydrogens (tertiary/aromatic N) is 1. The number of benzene rings is 1. The van der Waals surface area contributed by atoms with Crippen molar-refractivity contribution in [2.24, 2.45) is 5.92 Å². The minimum atomic E-state index is 0.397. The highest BCUT2D eigenvalue weighted by molar-refractivity contribution is 9.10. The van der Waals surface area contributed by atoms with E-state index in [1.807, 2.05) is 0 Å². The van der Waals surface area contributed by atoms with Crippen molar-refractivity contribution >= 4 is 21.6 Å². The zero-order valence-corrected chi connectivity index (χ0v) is 13.8. The Labute approximate surface area is 125 Å². The van der Waals surface area contributed by atoms with Crippen LogP contribution in [0.1, 0.15) is 44.7 Å². The van der Waals surface area contributed by atoms with E-state index in [1.165, 1.54) is 37.1 Å². The van der Waals surface area contributed by atoms with Gasteiger partial charge in [0.2, 0.25) is 0 Å². The molecular weight excluding hydrogens is 300 g/mol. The summed E-state index contributed by atoms with van der Waals surface area (Å²) in [5.74, 6) is 0.917. The fourth-order valence-electron chi connectivity index (χ4n) is 2.48. The maximum Gasteiger partial charge on any atom is 0.0412 e. The Morgan fingerprint density at radius 2 is 2.16 bits per heavy atom. The zero-order valence-electron chi connectivity index (χ0n) is 12.2. The molecule has 1 saturated carbocycles. The third kappa shape index (κ3) is 4.22. The first kappa shape index (κ1) is 14.9. The van der Waals surface area contributed by atoms with Gasteiger partial charge in [0.25, 0.3) is 0 Å². The van der Waals surface area contributed by atoms with Crippen molar-refractivity contribution in [1.29, 1.82) is 0 Å². The third-order valence-corrected chi connectivity index (χ3v) is 4.29. The van der Waals surface area contributed by atoms with Gasteiger partial charge < -0.3 is 10.2 Å². The van der Waals surface area contributed by atoms with Gasteiger partial charge in [-0.05, 0) is 62.4 Å². The predicted molar refractivity (Wildman–Crippen MR) is 86.8 cm³/mol. The molecule has 0 aromatic heterocycles. The molecule has 0 heterocycles. The molecule has 1 aliphatic rings. The van der Waals surface area contributed by atoms with Crippen LogP contribution in [0.4, 0.5) is 5.69 Å². The SMILES string of the molecule is CCCNC(C)c1cc(Br)ccc1N(C)CC1CC1. The maximum absolute atomic E-state index is 3.60. The molecule has 106 valence electrons. The molecule has 1 aromatic carbocycles. The van der Waals surface area contributed by atoms with E-state index in [9.17, 15) is 0 Å². The van der Waals surface area contributed by atoms with Crippen molar-refractivity contribution in [3.05, 3.63) is 28.2 Å². The van der Waals surface area contributed by atoms with E-state index in [4.69, 9.17) is 0 Å². The number of halogens is 1. The van der Waals surface area contributed by atoms with Gasteiger partial charge in [-0.25, -0.2) is 0 Å². The van der Waals surface area contributed by atoms with Crippen LogP contribution in [-0.2, 0) is 0 Å². The van der Waals surface area contributed by atoms with Crippen LogP contribution in [0.3, 0.4) is 0 Å². The van der Waals surface area contributed by atoms with Gasteiger partial charge in [-0.15, -0.1) is 0 Å². The molecule has 0 aliphatic heterocycles. The first-order valence-corrected chi connectivity index (χ1v) is 8.15. The molecule has 1 aliphatic carbocycles. The van der Waals surface area contributed by atoms with E-state index in [-0.39, 0.29) is 0 Å². The third-order valence-electron chi connectivity index (χ3n) is 3.80. The molecular formula is C16H25BrN2. The van der Waals surface area contributed by atoms with E-state index in [1.54, 1.807) is 0 Å². The topological polar surface area (TPSA) is 15.3 Å². The van der Waals surface area contributed by atoms with Gasteiger partial charge in [0.05, 0.1) is 0 Å². The Kier molecular flexibility index (Phi) is 5.28. The van der Waals surface area contributed by atoms with E-state index in [0.717, 1.165) is 16.9 Å². The quantitative estimate of drug-likeness (QED) is 0.801. The van der Waals surface area contributed by atoms with Gasteiger partial charge in [0.1, 0.15) is 0 Å². The summed E-state index contributed by atoms with van der Waals surface area (Å²) in [7, 11) is 2.22. The van der Waals surface area contributed by atoms with Gasteiger partial charge in [0.15, 0.2) is 0 Å². The number of nitrogens with one attached hydrogen (secondary N) is 1. The molecule has 2 rings (SSSR count). The van der Waals surface area contributed by atoms with Crippen LogP contribution in [-0.4, -0.2) is 20.1 Å². The molecule has 1 aromatic rings. The van der Waals surface area contributed by atoms with E-state index >= 15 is 0 Å². The molecule has 1 N–H and O–H groups in total. The van der Waals surface area contributed by atoms with Gasteiger partial charge in [-0.3, -0.25) is 0 Å². The van der Waals surface area contributed by atoms with E-state index < -0.39 is 0 Å². The standard InChI is InChI=1S/C16H25BrN2/c1-4-9-18-12(2)15-10-14(17)7-8-16(15)19(3)11-13-5-6-13/h7-8,10,12-13,18H,4-6,9,11H2,1-3H3. The molecule has 0 radical (unpaired) electrons. The second-order valence-corrected chi connectivity index (χ2v) is 6.62. The predicted octanol–water partition coefficient (Wildman–Crippen LogP) is 4.36. The second-order valence-electron chi connectivity index (χ2n) is 5.70. The second kappa shape index (κ2) is 6.76. The van der Waals surface area contributed by atoms with Crippen LogP contribution in [0.2, 0.25) is 0 Å². The molecule has 0 saturated heterocycles. The highest BCUT2D eigenvalue weighted by Crippen LogP contribution is 2.34. The zero-order chi connectivity index (χ0) is 13.8. The summed E-state index contributed by atoms with van der Waals surface area (Å²) in [5, 5.41) is 3.59. The number of anilines is 1. The molecule has 0 spiro atoms. The van der Waals surface area contributed by atoms with E-state index in [0.29, 0.717) is 6.04 Å². The number of hydrogen-bond donors (Lipinski definition) is 1. The fraction of sp³-hybridized carbons (Fsp3) is 0.625. The van der Waals surface area contributed by atoms with Gasteiger partial charge in [0, 0.05) is 29.8 Å². The van der Waals surface area contributed by atoms with Crippen molar-refractivity contribution in [2.75, 3.05) is 25.0 Å². The van der Waals surface area contributed by atoms with Crippen LogP contribution < -0.4 is 10.2 Å². The molecule has 1 fully saturated rings. The number of rotatable bonds is 7. The lowest BCUT2D eigenvalue weighted by Crippen LogP contribution is -2.25. The van der Waals surface area contributed by atoms with Crippen LogP contribution in [0.5, 0.6) is 0 Å². The molecule has 1 atom stereocenters. The summed E-state index contributed by atoms with van der Waals surface area (Å²) < 4.78 is 1.16. The maximum atomic E-state index is 3.60. The van der Waals surface area contributed by atoms with Crippen LogP contribution in [0.25, 0.3) is 0 Å². The first-order valence-electron chi connectivity index (χ1n) is 7.35. The molecule has 19 heavy (non-hydrogen) atoms. The molecule has 0 bridgehead atoms. The monoisotopic (exact) mass is 324 g/mol. The summed E-state index contributed by atoms with van der Waals surface area (Å²) in [4.78, 5) is 2.42. The molecule has 0 amide bonds.